The third kappa shape index (κ3) is 4.23. The fourth-order valence-electron chi connectivity index (χ4n) is 3.07. The second kappa shape index (κ2) is 7.88. The Hall–Kier alpha value is -2.39. The first-order valence-corrected chi connectivity index (χ1v) is 8.90. The molecule has 1 aliphatic rings. The van der Waals surface area contributed by atoms with Crippen LogP contribution in [-0.2, 0) is 0 Å². The van der Waals surface area contributed by atoms with Crippen LogP contribution in [0.4, 0.5) is 0 Å². The smallest absolute Gasteiger partial charge is 0.251 e. The molecular weight excluding hydrogens is 350 g/mol. The molecule has 0 saturated carbocycles. The van der Waals surface area contributed by atoms with Gasteiger partial charge < -0.3 is 15.7 Å². The molecule has 1 aliphatic heterocycles. The minimum absolute atomic E-state index is 0.214. The van der Waals surface area contributed by atoms with Crippen LogP contribution in [0.25, 0.3) is 11.1 Å². The first-order chi connectivity index (χ1) is 12.5. The van der Waals surface area contributed by atoms with Gasteiger partial charge in [0.25, 0.3) is 5.91 Å². The van der Waals surface area contributed by atoms with Crippen LogP contribution in [0.1, 0.15) is 28.8 Å². The van der Waals surface area contributed by atoms with Crippen molar-refractivity contribution in [3.63, 3.8) is 0 Å². The Morgan fingerprint density at radius 2 is 2.12 bits per heavy atom. The van der Waals surface area contributed by atoms with Crippen LogP contribution in [0.15, 0.2) is 42.5 Å². The highest BCUT2D eigenvalue weighted by Gasteiger charge is 2.29. The van der Waals surface area contributed by atoms with Crippen molar-refractivity contribution >= 4 is 17.5 Å². The van der Waals surface area contributed by atoms with Gasteiger partial charge in [-0.3, -0.25) is 4.79 Å². The van der Waals surface area contributed by atoms with Crippen LogP contribution >= 0.6 is 11.6 Å². The van der Waals surface area contributed by atoms with Crippen molar-refractivity contribution in [3.05, 3.63) is 58.6 Å². The Kier molecular flexibility index (Phi) is 5.58. The van der Waals surface area contributed by atoms with Gasteiger partial charge in [0.1, 0.15) is 6.07 Å². The number of aliphatic hydroxyl groups is 1. The third-order valence-electron chi connectivity index (χ3n) is 4.58. The molecule has 3 N–H and O–H groups in total. The van der Waals surface area contributed by atoms with Crippen molar-refractivity contribution in [2.24, 2.45) is 0 Å². The van der Waals surface area contributed by atoms with Crippen molar-refractivity contribution in [2.45, 2.75) is 18.4 Å². The first kappa shape index (κ1) is 18.4. The lowest BCUT2D eigenvalue weighted by Gasteiger charge is -2.32. The fraction of sp³-hybridized carbons (Fsp3) is 0.300. The molecule has 0 aliphatic carbocycles. The van der Waals surface area contributed by atoms with Crippen LogP contribution in [0, 0.1) is 11.3 Å². The predicted octanol–water partition coefficient (Wildman–Crippen LogP) is 2.72. The SMILES string of the molecule is N#Cc1ccc(-c2cccc(C(=O)NC[C@]3(O)CCCNC3)c2)cc1Cl. The maximum atomic E-state index is 12.5. The summed E-state index contributed by atoms with van der Waals surface area (Å²) in [5.41, 5.74) is 1.70. The molecule has 1 fully saturated rings. The second-order valence-corrected chi connectivity index (χ2v) is 6.98. The third-order valence-corrected chi connectivity index (χ3v) is 4.89. The number of benzene rings is 2. The van der Waals surface area contributed by atoms with E-state index >= 15 is 0 Å². The molecule has 1 amide bonds. The molecule has 3 rings (SSSR count). The second-order valence-electron chi connectivity index (χ2n) is 6.57. The number of rotatable bonds is 4. The zero-order valence-corrected chi connectivity index (χ0v) is 15.0. The standard InChI is InChI=1S/C20H20ClN3O2/c21-18-10-15(5-6-17(18)11-22)14-3-1-4-16(9-14)19(25)24-13-20(26)7-2-8-23-12-20/h1,3-6,9-10,23,26H,2,7-8,12-13H2,(H,24,25)/t20-/m0/s1. The minimum atomic E-state index is -0.897. The fourth-order valence-corrected chi connectivity index (χ4v) is 3.30. The minimum Gasteiger partial charge on any atom is -0.387 e. The summed E-state index contributed by atoms with van der Waals surface area (Å²) in [6, 6.07) is 14.4. The van der Waals surface area contributed by atoms with E-state index in [0.29, 0.717) is 29.1 Å². The van der Waals surface area contributed by atoms with Crippen LogP contribution < -0.4 is 10.6 Å². The molecule has 26 heavy (non-hydrogen) atoms. The number of carbonyl (C=O) groups is 1. The monoisotopic (exact) mass is 369 g/mol. The van der Waals surface area contributed by atoms with Gasteiger partial charge in [-0.25, -0.2) is 0 Å². The highest BCUT2D eigenvalue weighted by Crippen LogP contribution is 2.26. The quantitative estimate of drug-likeness (QED) is 0.773. The van der Waals surface area contributed by atoms with E-state index in [2.05, 4.69) is 10.6 Å². The Morgan fingerprint density at radius 1 is 1.31 bits per heavy atom. The topological polar surface area (TPSA) is 85.2 Å². The average molecular weight is 370 g/mol. The Bertz CT molecular complexity index is 854. The maximum Gasteiger partial charge on any atom is 0.251 e. The van der Waals surface area contributed by atoms with Gasteiger partial charge in [-0.2, -0.15) is 5.26 Å². The van der Waals surface area contributed by atoms with E-state index in [1.54, 1.807) is 36.4 Å². The number of nitrogens with one attached hydrogen (secondary N) is 2. The Morgan fingerprint density at radius 3 is 2.81 bits per heavy atom. The highest BCUT2D eigenvalue weighted by molar-refractivity contribution is 6.32. The van der Waals surface area contributed by atoms with Crippen LogP contribution in [0.5, 0.6) is 0 Å². The van der Waals surface area contributed by atoms with Crippen LogP contribution in [0.2, 0.25) is 5.02 Å². The summed E-state index contributed by atoms with van der Waals surface area (Å²) in [4.78, 5) is 12.5. The molecule has 0 aromatic heterocycles. The summed E-state index contributed by atoms with van der Waals surface area (Å²) in [6.07, 6.45) is 1.56. The van der Waals surface area contributed by atoms with Gasteiger partial charge in [0.05, 0.1) is 16.2 Å². The highest BCUT2D eigenvalue weighted by atomic mass is 35.5. The zero-order chi connectivity index (χ0) is 18.6. The van der Waals surface area contributed by atoms with Gasteiger partial charge in [0.15, 0.2) is 0 Å². The molecule has 1 atom stereocenters. The van der Waals surface area contributed by atoms with Gasteiger partial charge in [0.2, 0.25) is 0 Å². The summed E-state index contributed by atoms with van der Waals surface area (Å²) in [6.45, 7) is 1.59. The number of halogens is 1. The summed E-state index contributed by atoms with van der Waals surface area (Å²) < 4.78 is 0. The summed E-state index contributed by atoms with van der Waals surface area (Å²) in [5.74, 6) is -0.231. The predicted molar refractivity (Wildman–Crippen MR) is 101 cm³/mol. The molecule has 0 radical (unpaired) electrons. The Balaban J connectivity index is 1.73. The zero-order valence-electron chi connectivity index (χ0n) is 14.3. The number of hydrogen-bond donors (Lipinski definition) is 3. The molecular formula is C20H20ClN3O2. The van der Waals surface area contributed by atoms with E-state index in [-0.39, 0.29) is 12.5 Å². The van der Waals surface area contributed by atoms with E-state index in [1.165, 1.54) is 0 Å². The average Bonchev–Trinajstić information content (AvgIpc) is 2.67. The van der Waals surface area contributed by atoms with Gasteiger partial charge in [-0.05, 0) is 54.8 Å². The number of β-amino-alcohol motifs (C(OH)–C–C–N with tert-alkyl or cyclic N) is 1. The van der Waals surface area contributed by atoms with E-state index < -0.39 is 5.60 Å². The molecule has 6 heteroatoms. The molecule has 0 unspecified atom stereocenters. The molecule has 2 aromatic carbocycles. The number of nitriles is 1. The lowest BCUT2D eigenvalue weighted by molar-refractivity contribution is 0.0170. The molecule has 1 saturated heterocycles. The largest absolute Gasteiger partial charge is 0.387 e. The lowest BCUT2D eigenvalue weighted by atomic mass is 9.94. The van der Waals surface area contributed by atoms with Crippen molar-refractivity contribution in [1.82, 2.24) is 10.6 Å². The summed E-state index contributed by atoms with van der Waals surface area (Å²) in [5, 5.41) is 25.8. The molecule has 2 aromatic rings. The molecule has 0 bridgehead atoms. The van der Waals surface area contributed by atoms with Crippen LogP contribution in [0.3, 0.4) is 0 Å². The normalized spacial score (nSPS) is 19.6. The first-order valence-electron chi connectivity index (χ1n) is 8.52. The van der Waals surface area contributed by atoms with Crippen molar-refractivity contribution in [1.29, 1.82) is 5.26 Å². The van der Waals surface area contributed by atoms with Crippen LogP contribution in [-0.4, -0.2) is 36.2 Å². The van der Waals surface area contributed by atoms with E-state index in [1.807, 2.05) is 12.1 Å². The molecule has 0 spiro atoms. The van der Waals surface area contributed by atoms with E-state index in [4.69, 9.17) is 16.9 Å². The number of amides is 1. The molecule has 1 heterocycles. The van der Waals surface area contributed by atoms with Gasteiger partial charge >= 0.3 is 0 Å². The van der Waals surface area contributed by atoms with Crippen molar-refractivity contribution in [2.75, 3.05) is 19.6 Å². The number of carbonyl (C=O) groups excluding carboxylic acids is 1. The summed E-state index contributed by atoms with van der Waals surface area (Å²) >= 11 is 6.10. The van der Waals surface area contributed by atoms with Gasteiger partial charge in [-0.15, -0.1) is 0 Å². The van der Waals surface area contributed by atoms with Gasteiger partial charge in [0, 0.05) is 18.7 Å². The summed E-state index contributed by atoms with van der Waals surface area (Å²) in [7, 11) is 0. The van der Waals surface area contributed by atoms with Crippen molar-refractivity contribution in [3.8, 4) is 17.2 Å². The molecule has 134 valence electrons. The molecule has 5 nitrogen and oxygen atoms in total. The van der Waals surface area contributed by atoms with Crippen molar-refractivity contribution < 1.29 is 9.90 Å². The van der Waals surface area contributed by atoms with Gasteiger partial charge in [-0.1, -0.05) is 29.8 Å². The maximum absolute atomic E-state index is 12.5. The van der Waals surface area contributed by atoms with E-state index in [9.17, 15) is 9.90 Å². The number of piperidine rings is 1. The number of hydrogen-bond acceptors (Lipinski definition) is 4. The van der Waals surface area contributed by atoms with E-state index in [0.717, 1.165) is 24.1 Å². The lowest BCUT2D eigenvalue weighted by Crippen LogP contribution is -2.52. The Labute approximate surface area is 157 Å². The number of nitrogens with zero attached hydrogens (tertiary/aromatic N) is 1.